The first-order valence-corrected chi connectivity index (χ1v) is 21.2. The first-order chi connectivity index (χ1) is 23.1. The Morgan fingerprint density at radius 2 is 1.65 bits per heavy atom. The smallest absolute Gasteiger partial charge is 0.216 e. The predicted molar refractivity (Wildman–Crippen MR) is 203 cm³/mol. The summed E-state index contributed by atoms with van der Waals surface area (Å²) in [4.78, 5) is 14.0. The van der Waals surface area contributed by atoms with Gasteiger partial charge in [0, 0.05) is 43.6 Å². The molecule has 1 saturated carbocycles. The van der Waals surface area contributed by atoms with Crippen molar-refractivity contribution in [3.63, 3.8) is 0 Å². The van der Waals surface area contributed by atoms with Crippen molar-refractivity contribution in [1.82, 2.24) is 15.0 Å². The summed E-state index contributed by atoms with van der Waals surface area (Å²) >= 11 is 0. The van der Waals surface area contributed by atoms with Crippen molar-refractivity contribution >= 4 is 35.3 Å². The Balaban J connectivity index is 0.000000190. The van der Waals surface area contributed by atoms with Crippen molar-refractivity contribution in [2.24, 2.45) is 11.8 Å². The number of nitrogens with zero attached hydrogens (tertiary/aromatic N) is 3. The maximum atomic E-state index is 6.17. The summed E-state index contributed by atoms with van der Waals surface area (Å²) in [5, 5.41) is 3.64. The number of furan rings is 1. The minimum Gasteiger partial charge on any atom is -0.486 e. The Kier molecular flexibility index (Phi) is 12.1. The zero-order chi connectivity index (χ0) is 33.8. The third kappa shape index (κ3) is 8.84. The first kappa shape index (κ1) is 36.8. The number of benzene rings is 2. The molecule has 0 aliphatic heterocycles. The molecular weight excluding hydrogens is 795 g/mol. The fraction of sp³-hybridized carbons (Fsp3) is 0.372. The van der Waals surface area contributed by atoms with E-state index in [0.29, 0.717) is 17.5 Å². The molecule has 0 unspecified atom stereocenters. The van der Waals surface area contributed by atoms with Crippen LogP contribution >= 0.6 is 0 Å². The quantitative estimate of drug-likeness (QED) is 0.113. The van der Waals surface area contributed by atoms with E-state index in [9.17, 15) is 0 Å². The van der Waals surface area contributed by atoms with E-state index in [0.717, 1.165) is 56.9 Å². The molecule has 6 aromatic rings. The molecule has 1 aliphatic carbocycles. The predicted octanol–water partition coefficient (Wildman–Crippen LogP) is 11.0. The van der Waals surface area contributed by atoms with Crippen LogP contribution in [0.4, 0.5) is 0 Å². The first-order valence-electron chi connectivity index (χ1n) is 17.7. The topological polar surface area (TPSA) is 51.8 Å². The zero-order valence-electron chi connectivity index (χ0n) is 30.1. The summed E-state index contributed by atoms with van der Waals surface area (Å²) in [6.45, 7) is 16.0. The second-order valence-electron chi connectivity index (χ2n) is 15.2. The van der Waals surface area contributed by atoms with E-state index in [2.05, 4.69) is 113 Å². The zero-order valence-corrected chi connectivity index (χ0v) is 33.5. The van der Waals surface area contributed by atoms with E-state index in [1.165, 1.54) is 37.7 Å². The van der Waals surface area contributed by atoms with Gasteiger partial charge in [0.15, 0.2) is 0 Å². The van der Waals surface area contributed by atoms with Gasteiger partial charge >= 0.3 is 0 Å². The second kappa shape index (κ2) is 16.1. The van der Waals surface area contributed by atoms with Gasteiger partial charge in [-0.05, 0) is 65.4 Å². The van der Waals surface area contributed by atoms with Gasteiger partial charge in [0.1, 0.15) is 0 Å². The fourth-order valence-corrected chi connectivity index (χ4v) is 8.51. The molecule has 1 fully saturated rings. The van der Waals surface area contributed by atoms with Crippen LogP contribution in [0, 0.1) is 24.0 Å². The van der Waals surface area contributed by atoms with Crippen LogP contribution in [0.15, 0.2) is 83.5 Å². The maximum absolute atomic E-state index is 6.17. The van der Waals surface area contributed by atoms with E-state index in [1.807, 2.05) is 30.5 Å². The standard InChI is InChI=1S/C23H23N2O.C20H26NSi.Ir/c1-14(2)12-16-10-11-24-21(13-16)19-7-5-6-17-18-8-9-20(15(3)4)25-23(18)26-22(17)19;1-22(2,3)20-15-21-19(17-11-5-4-6-12-17)14-18(20)13-16-9-7-8-10-16;/h5-6,8-11,13-15H,12H2,1-4H3;4-6,11,14-16H,7-10,13H2,1-3H3;/q2*-1;. The Morgan fingerprint density at radius 1 is 0.857 bits per heavy atom. The number of rotatable bonds is 8. The van der Waals surface area contributed by atoms with Gasteiger partial charge in [0.25, 0.3) is 0 Å². The maximum Gasteiger partial charge on any atom is 0.216 e. The van der Waals surface area contributed by atoms with Crippen LogP contribution in [0.1, 0.15) is 76.1 Å². The molecule has 0 bridgehead atoms. The third-order valence-electron chi connectivity index (χ3n) is 9.40. The van der Waals surface area contributed by atoms with E-state index < -0.39 is 8.07 Å². The van der Waals surface area contributed by atoms with Crippen LogP contribution in [0.3, 0.4) is 0 Å². The number of hydrogen-bond acceptors (Lipinski definition) is 4. The molecule has 4 nitrogen and oxygen atoms in total. The summed E-state index contributed by atoms with van der Waals surface area (Å²) in [5.74, 6) is 1.85. The Hall–Kier alpha value is -3.44. The number of hydrogen-bond donors (Lipinski definition) is 0. The molecule has 1 aliphatic rings. The van der Waals surface area contributed by atoms with Crippen LogP contribution in [0.25, 0.3) is 44.6 Å². The van der Waals surface area contributed by atoms with Crippen molar-refractivity contribution in [3.05, 3.63) is 108 Å². The van der Waals surface area contributed by atoms with Crippen LogP contribution in [-0.4, -0.2) is 23.0 Å². The Bertz CT molecular complexity index is 1990. The number of fused-ring (bicyclic) bond motifs is 3. The summed E-state index contributed by atoms with van der Waals surface area (Å²) in [6.07, 6.45) is 11.9. The molecule has 0 spiro atoms. The van der Waals surface area contributed by atoms with Gasteiger partial charge in [-0.3, -0.25) is 0 Å². The molecule has 6 heteroatoms. The molecule has 0 amide bonds. The molecule has 2 aromatic carbocycles. The van der Waals surface area contributed by atoms with E-state index >= 15 is 0 Å². The molecule has 4 heterocycles. The van der Waals surface area contributed by atoms with Gasteiger partial charge < -0.3 is 14.4 Å². The Morgan fingerprint density at radius 3 is 2.35 bits per heavy atom. The third-order valence-corrected chi connectivity index (χ3v) is 11.5. The SMILES string of the molecule is CC(C)Cc1ccnc(-c2[c-]ccc3c2oc2nc(C(C)C)ccc23)c1.C[Si](C)(C)c1cnc(-c2[c-]cccc2)cc1CC1CCCC1.[Ir]. The minimum absolute atomic E-state index is 0. The van der Waals surface area contributed by atoms with Crippen molar-refractivity contribution in [1.29, 1.82) is 0 Å². The monoisotopic (exact) mass is 844 g/mol. The van der Waals surface area contributed by atoms with Crippen molar-refractivity contribution < 1.29 is 24.5 Å². The van der Waals surface area contributed by atoms with Crippen LogP contribution < -0.4 is 5.19 Å². The van der Waals surface area contributed by atoms with Crippen LogP contribution in [-0.2, 0) is 32.9 Å². The van der Waals surface area contributed by atoms with Gasteiger partial charge in [0.05, 0.1) is 13.7 Å². The molecule has 0 atom stereocenters. The average Bonchev–Trinajstić information content (AvgIpc) is 3.72. The minimum atomic E-state index is -1.35. The van der Waals surface area contributed by atoms with Gasteiger partial charge in [0.2, 0.25) is 5.71 Å². The largest absolute Gasteiger partial charge is 0.486 e. The van der Waals surface area contributed by atoms with Crippen molar-refractivity contribution in [2.45, 2.75) is 91.8 Å². The van der Waals surface area contributed by atoms with Gasteiger partial charge in [-0.2, -0.15) is 0 Å². The van der Waals surface area contributed by atoms with Crippen LogP contribution in [0.5, 0.6) is 0 Å². The molecule has 0 N–H and O–H groups in total. The molecular formula is C43H49IrN3OSi-2. The van der Waals surface area contributed by atoms with Gasteiger partial charge in [-0.1, -0.05) is 107 Å². The van der Waals surface area contributed by atoms with E-state index in [4.69, 9.17) is 14.4 Å². The summed E-state index contributed by atoms with van der Waals surface area (Å²) < 4.78 is 6.17. The van der Waals surface area contributed by atoms with Gasteiger partial charge in [-0.15, -0.1) is 54.1 Å². The molecule has 1 radical (unpaired) electrons. The molecule has 4 aromatic heterocycles. The molecule has 49 heavy (non-hydrogen) atoms. The molecule has 7 rings (SSSR count). The van der Waals surface area contributed by atoms with Gasteiger partial charge in [-0.25, -0.2) is 4.98 Å². The van der Waals surface area contributed by atoms with Crippen molar-refractivity contribution in [2.75, 3.05) is 0 Å². The Labute approximate surface area is 307 Å². The summed E-state index contributed by atoms with van der Waals surface area (Å²) in [6, 6.07) is 29.5. The fourth-order valence-electron chi connectivity index (χ4n) is 6.92. The average molecular weight is 844 g/mol. The van der Waals surface area contributed by atoms with Crippen molar-refractivity contribution in [3.8, 4) is 22.5 Å². The normalized spacial score (nSPS) is 13.6. The second-order valence-corrected chi connectivity index (χ2v) is 20.2. The molecule has 257 valence electrons. The molecule has 0 saturated heterocycles. The summed E-state index contributed by atoms with van der Waals surface area (Å²) in [5.41, 5.74) is 9.36. The number of pyridine rings is 3. The van der Waals surface area contributed by atoms with Crippen LogP contribution in [0.2, 0.25) is 19.6 Å². The van der Waals surface area contributed by atoms with E-state index in [-0.39, 0.29) is 20.1 Å². The van der Waals surface area contributed by atoms with E-state index in [1.54, 1.807) is 10.8 Å². The number of aromatic nitrogens is 3. The summed E-state index contributed by atoms with van der Waals surface area (Å²) in [7, 11) is -1.35.